The van der Waals surface area contributed by atoms with Gasteiger partial charge in [-0.3, -0.25) is 9.59 Å². The Morgan fingerprint density at radius 3 is 2.28 bits per heavy atom. The number of hydrogen-bond donors (Lipinski definition) is 3. The SMILES string of the molecule is CC(C)NC(=O)c1ccc(NC(=O)c2nccnc2C(=O)O)cc1Cl. The van der Waals surface area contributed by atoms with E-state index in [0.29, 0.717) is 0 Å². The summed E-state index contributed by atoms with van der Waals surface area (Å²) < 4.78 is 0. The standard InChI is InChI=1S/C16H15ClN4O4/c1-8(2)20-14(22)10-4-3-9(7-11(10)17)21-15(23)12-13(16(24)25)19-6-5-18-12/h3-8H,1-2H3,(H,20,22)(H,21,23)(H,24,25). The quantitative estimate of drug-likeness (QED) is 0.749. The molecule has 25 heavy (non-hydrogen) atoms. The van der Waals surface area contributed by atoms with Gasteiger partial charge >= 0.3 is 5.97 Å². The van der Waals surface area contributed by atoms with Crippen LogP contribution in [0.4, 0.5) is 5.69 Å². The molecule has 0 aliphatic rings. The summed E-state index contributed by atoms with van der Waals surface area (Å²) >= 11 is 6.08. The maximum Gasteiger partial charge on any atom is 0.356 e. The van der Waals surface area contributed by atoms with E-state index in [2.05, 4.69) is 20.6 Å². The van der Waals surface area contributed by atoms with Crippen molar-refractivity contribution in [1.82, 2.24) is 15.3 Å². The molecule has 0 atom stereocenters. The van der Waals surface area contributed by atoms with Crippen molar-refractivity contribution in [2.24, 2.45) is 0 Å². The van der Waals surface area contributed by atoms with Crippen molar-refractivity contribution in [2.45, 2.75) is 19.9 Å². The molecule has 0 fully saturated rings. The van der Waals surface area contributed by atoms with Gasteiger partial charge in [-0.15, -0.1) is 0 Å². The number of carboxylic acid groups (broad SMARTS) is 1. The van der Waals surface area contributed by atoms with Crippen LogP contribution in [0.15, 0.2) is 30.6 Å². The molecule has 0 radical (unpaired) electrons. The lowest BCUT2D eigenvalue weighted by Crippen LogP contribution is -2.30. The average molecular weight is 363 g/mol. The summed E-state index contributed by atoms with van der Waals surface area (Å²) in [5.74, 6) is -2.45. The van der Waals surface area contributed by atoms with Gasteiger partial charge in [0.1, 0.15) is 0 Å². The fraction of sp³-hybridized carbons (Fsp3) is 0.188. The average Bonchev–Trinajstić information content (AvgIpc) is 2.54. The molecular weight excluding hydrogens is 348 g/mol. The van der Waals surface area contributed by atoms with Gasteiger partial charge < -0.3 is 15.7 Å². The maximum atomic E-state index is 12.2. The molecule has 2 aromatic rings. The molecule has 1 heterocycles. The Morgan fingerprint density at radius 1 is 1.08 bits per heavy atom. The van der Waals surface area contributed by atoms with Crippen LogP contribution >= 0.6 is 11.6 Å². The molecule has 8 nitrogen and oxygen atoms in total. The minimum Gasteiger partial charge on any atom is -0.476 e. The third-order valence-electron chi connectivity index (χ3n) is 3.01. The lowest BCUT2D eigenvalue weighted by atomic mass is 10.1. The van der Waals surface area contributed by atoms with Gasteiger partial charge in [0, 0.05) is 24.1 Å². The van der Waals surface area contributed by atoms with Gasteiger partial charge in [0.15, 0.2) is 11.4 Å². The zero-order valence-electron chi connectivity index (χ0n) is 13.4. The molecule has 0 saturated carbocycles. The lowest BCUT2D eigenvalue weighted by molar-refractivity contribution is 0.0684. The Labute approximate surface area is 148 Å². The van der Waals surface area contributed by atoms with Crippen LogP contribution in [0.25, 0.3) is 0 Å². The van der Waals surface area contributed by atoms with E-state index in [1.165, 1.54) is 30.6 Å². The normalized spacial score (nSPS) is 10.4. The van der Waals surface area contributed by atoms with E-state index in [1.807, 2.05) is 13.8 Å². The van der Waals surface area contributed by atoms with Crippen molar-refractivity contribution in [3.63, 3.8) is 0 Å². The molecule has 0 spiro atoms. The van der Waals surface area contributed by atoms with Gasteiger partial charge in [-0.25, -0.2) is 14.8 Å². The molecule has 0 aliphatic carbocycles. The smallest absolute Gasteiger partial charge is 0.356 e. The Morgan fingerprint density at radius 2 is 1.72 bits per heavy atom. The van der Waals surface area contributed by atoms with Crippen LogP contribution in [0, 0.1) is 0 Å². The molecule has 1 aromatic heterocycles. The van der Waals surface area contributed by atoms with Crippen LogP contribution in [-0.4, -0.2) is 38.9 Å². The molecule has 1 aromatic carbocycles. The Kier molecular flexibility index (Phi) is 5.66. The third kappa shape index (κ3) is 4.51. The number of amides is 2. The molecule has 2 rings (SSSR count). The van der Waals surface area contributed by atoms with Crippen molar-refractivity contribution in [2.75, 3.05) is 5.32 Å². The number of rotatable bonds is 5. The predicted octanol–water partition coefficient (Wildman–Crippen LogP) is 2.22. The first-order chi connectivity index (χ1) is 11.8. The number of carboxylic acids is 1. The van der Waals surface area contributed by atoms with E-state index in [9.17, 15) is 14.4 Å². The van der Waals surface area contributed by atoms with Crippen molar-refractivity contribution in [1.29, 1.82) is 0 Å². The highest BCUT2D eigenvalue weighted by molar-refractivity contribution is 6.34. The van der Waals surface area contributed by atoms with E-state index in [4.69, 9.17) is 16.7 Å². The summed E-state index contributed by atoms with van der Waals surface area (Å²) in [4.78, 5) is 42.7. The van der Waals surface area contributed by atoms with Crippen molar-refractivity contribution >= 4 is 35.1 Å². The number of carbonyl (C=O) groups excluding carboxylic acids is 2. The Bertz CT molecular complexity index is 839. The predicted molar refractivity (Wildman–Crippen MR) is 91.0 cm³/mol. The van der Waals surface area contributed by atoms with Crippen molar-refractivity contribution < 1.29 is 19.5 Å². The number of aromatic nitrogens is 2. The van der Waals surface area contributed by atoms with Crippen LogP contribution in [0.2, 0.25) is 5.02 Å². The lowest BCUT2D eigenvalue weighted by Gasteiger charge is -2.11. The number of carbonyl (C=O) groups is 3. The molecule has 2 amide bonds. The first kappa shape index (κ1) is 18.3. The molecule has 0 aliphatic heterocycles. The van der Waals surface area contributed by atoms with E-state index < -0.39 is 17.6 Å². The Hall–Kier alpha value is -3.00. The molecule has 9 heteroatoms. The molecule has 0 unspecified atom stereocenters. The van der Waals surface area contributed by atoms with Crippen LogP contribution < -0.4 is 10.6 Å². The number of aromatic carboxylic acids is 1. The maximum absolute atomic E-state index is 12.2. The molecule has 0 bridgehead atoms. The number of halogens is 1. The second-order valence-electron chi connectivity index (χ2n) is 5.34. The van der Waals surface area contributed by atoms with Gasteiger partial charge in [-0.1, -0.05) is 11.6 Å². The van der Waals surface area contributed by atoms with Crippen LogP contribution in [-0.2, 0) is 0 Å². The highest BCUT2D eigenvalue weighted by atomic mass is 35.5. The number of nitrogens with zero attached hydrogens (tertiary/aromatic N) is 2. The summed E-state index contributed by atoms with van der Waals surface area (Å²) in [6.07, 6.45) is 2.40. The second-order valence-corrected chi connectivity index (χ2v) is 5.74. The minimum atomic E-state index is -1.36. The number of benzene rings is 1. The van der Waals surface area contributed by atoms with Crippen LogP contribution in [0.5, 0.6) is 0 Å². The Balaban J connectivity index is 2.21. The van der Waals surface area contributed by atoms with Gasteiger partial charge in [0.05, 0.1) is 10.6 Å². The number of hydrogen-bond acceptors (Lipinski definition) is 5. The van der Waals surface area contributed by atoms with Crippen LogP contribution in [0.3, 0.4) is 0 Å². The zero-order chi connectivity index (χ0) is 18.6. The zero-order valence-corrected chi connectivity index (χ0v) is 14.2. The highest BCUT2D eigenvalue weighted by Gasteiger charge is 2.20. The first-order valence-corrected chi connectivity index (χ1v) is 7.63. The molecule has 130 valence electrons. The van der Waals surface area contributed by atoms with Crippen molar-refractivity contribution in [3.05, 3.63) is 52.6 Å². The minimum absolute atomic E-state index is 0.0472. The number of anilines is 1. The first-order valence-electron chi connectivity index (χ1n) is 7.25. The monoisotopic (exact) mass is 362 g/mol. The molecule has 3 N–H and O–H groups in total. The van der Waals surface area contributed by atoms with E-state index in [0.717, 1.165) is 0 Å². The summed E-state index contributed by atoms with van der Waals surface area (Å²) in [7, 11) is 0. The largest absolute Gasteiger partial charge is 0.476 e. The summed E-state index contributed by atoms with van der Waals surface area (Å²) in [6, 6.07) is 4.29. The summed E-state index contributed by atoms with van der Waals surface area (Å²) in [5, 5.41) is 14.4. The molecular formula is C16H15ClN4O4. The van der Waals surface area contributed by atoms with E-state index >= 15 is 0 Å². The van der Waals surface area contributed by atoms with Gasteiger partial charge in [0.2, 0.25) is 0 Å². The van der Waals surface area contributed by atoms with Gasteiger partial charge in [-0.2, -0.15) is 0 Å². The molecule has 0 saturated heterocycles. The van der Waals surface area contributed by atoms with Crippen molar-refractivity contribution in [3.8, 4) is 0 Å². The summed E-state index contributed by atoms with van der Waals surface area (Å²) in [6.45, 7) is 3.64. The van der Waals surface area contributed by atoms with Gasteiger partial charge in [0.25, 0.3) is 11.8 Å². The van der Waals surface area contributed by atoms with Gasteiger partial charge in [-0.05, 0) is 32.0 Å². The highest BCUT2D eigenvalue weighted by Crippen LogP contribution is 2.21. The summed E-state index contributed by atoms with van der Waals surface area (Å²) in [5.41, 5.74) is -0.232. The fourth-order valence-corrected chi connectivity index (χ4v) is 2.23. The third-order valence-corrected chi connectivity index (χ3v) is 3.32. The van der Waals surface area contributed by atoms with E-state index in [-0.39, 0.29) is 33.9 Å². The topological polar surface area (TPSA) is 121 Å². The second kappa shape index (κ2) is 7.71. The fourth-order valence-electron chi connectivity index (χ4n) is 1.97. The van der Waals surface area contributed by atoms with E-state index in [1.54, 1.807) is 0 Å². The number of nitrogens with one attached hydrogen (secondary N) is 2. The van der Waals surface area contributed by atoms with Crippen LogP contribution in [0.1, 0.15) is 45.2 Å².